The summed E-state index contributed by atoms with van der Waals surface area (Å²) in [4.78, 5) is 0. The first kappa shape index (κ1) is 12.9. The highest BCUT2D eigenvalue weighted by molar-refractivity contribution is 6.32. The highest BCUT2D eigenvalue weighted by atomic mass is 35.5. The van der Waals surface area contributed by atoms with Crippen LogP contribution in [0, 0.1) is 0 Å². The normalized spacial score (nSPS) is 10.0. The molecule has 90 valence electrons. The molecule has 0 saturated heterocycles. The maximum atomic E-state index is 12.0. The van der Waals surface area contributed by atoms with Crippen molar-refractivity contribution in [2.75, 3.05) is 32.8 Å². The average molecular weight is 248 g/mol. The van der Waals surface area contributed by atoms with Crippen molar-refractivity contribution in [2.24, 2.45) is 0 Å². The third-order valence-electron chi connectivity index (χ3n) is 2.10. The lowest BCUT2D eigenvalue weighted by Crippen LogP contribution is -2.04. The smallest absolute Gasteiger partial charge is 0.145 e. The Morgan fingerprint density at radius 2 is 1.94 bits per heavy atom. The predicted octanol–water partition coefficient (Wildman–Crippen LogP) is 3.13. The standard InChI is InChI=1S/C11H15ClFNO2/c1-15-10-7-11(16-2)9(6-8(10)12)14-5-3-4-13/h6-7,14H,3-5H2,1-2H3. The second-order valence-corrected chi connectivity index (χ2v) is 3.56. The average Bonchev–Trinajstić information content (AvgIpc) is 2.30. The zero-order valence-electron chi connectivity index (χ0n) is 9.35. The van der Waals surface area contributed by atoms with Crippen molar-refractivity contribution in [1.29, 1.82) is 0 Å². The predicted molar refractivity (Wildman–Crippen MR) is 63.6 cm³/mol. The molecule has 0 radical (unpaired) electrons. The van der Waals surface area contributed by atoms with Crippen LogP contribution in [0.4, 0.5) is 10.1 Å². The second-order valence-electron chi connectivity index (χ2n) is 3.16. The van der Waals surface area contributed by atoms with Crippen LogP contribution in [-0.4, -0.2) is 27.4 Å². The van der Waals surface area contributed by atoms with Crippen molar-refractivity contribution < 1.29 is 13.9 Å². The topological polar surface area (TPSA) is 30.5 Å². The maximum Gasteiger partial charge on any atom is 0.145 e. The Balaban J connectivity index is 2.85. The molecule has 0 amide bonds. The molecule has 0 aliphatic carbocycles. The van der Waals surface area contributed by atoms with E-state index in [0.717, 1.165) is 5.69 Å². The third kappa shape index (κ3) is 3.17. The molecule has 0 aliphatic heterocycles. The number of anilines is 1. The molecule has 5 heteroatoms. The second kappa shape index (κ2) is 6.43. The summed E-state index contributed by atoms with van der Waals surface area (Å²) < 4.78 is 22.2. The molecule has 1 N–H and O–H groups in total. The number of alkyl halides is 1. The fourth-order valence-corrected chi connectivity index (χ4v) is 1.53. The minimum Gasteiger partial charge on any atom is -0.495 e. The van der Waals surface area contributed by atoms with E-state index >= 15 is 0 Å². The summed E-state index contributed by atoms with van der Waals surface area (Å²) in [6.07, 6.45) is 0.451. The van der Waals surface area contributed by atoms with E-state index < -0.39 is 0 Å². The Labute approximate surface area is 99.5 Å². The summed E-state index contributed by atoms with van der Waals surface area (Å²) in [7, 11) is 3.10. The number of nitrogens with one attached hydrogen (secondary N) is 1. The highest BCUT2D eigenvalue weighted by Crippen LogP contribution is 2.35. The van der Waals surface area contributed by atoms with Crippen LogP contribution in [0.5, 0.6) is 11.5 Å². The molecule has 0 fully saturated rings. The van der Waals surface area contributed by atoms with Crippen molar-refractivity contribution in [3.8, 4) is 11.5 Å². The molecule has 0 atom stereocenters. The highest BCUT2D eigenvalue weighted by Gasteiger charge is 2.09. The molecule has 1 aromatic carbocycles. The molecule has 3 nitrogen and oxygen atoms in total. The summed E-state index contributed by atoms with van der Waals surface area (Å²) in [6, 6.07) is 3.40. The van der Waals surface area contributed by atoms with Crippen LogP contribution >= 0.6 is 11.6 Å². The minimum atomic E-state index is -0.348. The van der Waals surface area contributed by atoms with Crippen LogP contribution in [0.25, 0.3) is 0 Å². The number of hydrogen-bond acceptors (Lipinski definition) is 3. The van der Waals surface area contributed by atoms with Gasteiger partial charge in [0.1, 0.15) is 11.5 Å². The van der Waals surface area contributed by atoms with E-state index in [4.69, 9.17) is 21.1 Å². The monoisotopic (exact) mass is 247 g/mol. The van der Waals surface area contributed by atoms with Gasteiger partial charge in [0.25, 0.3) is 0 Å². The number of benzene rings is 1. The Bertz CT molecular complexity index is 347. The summed E-state index contributed by atoms with van der Waals surface area (Å²) in [5.74, 6) is 1.18. The van der Waals surface area contributed by atoms with E-state index in [1.807, 2.05) is 0 Å². The summed E-state index contributed by atoms with van der Waals surface area (Å²) in [5.41, 5.74) is 0.738. The fourth-order valence-electron chi connectivity index (χ4n) is 1.29. The van der Waals surface area contributed by atoms with Gasteiger partial charge in [0.05, 0.1) is 31.6 Å². The van der Waals surface area contributed by atoms with E-state index in [1.54, 1.807) is 19.2 Å². The first-order valence-electron chi connectivity index (χ1n) is 4.94. The zero-order valence-corrected chi connectivity index (χ0v) is 10.1. The molecule has 1 aromatic rings. The summed E-state index contributed by atoms with van der Waals surface area (Å²) in [5, 5.41) is 3.54. The van der Waals surface area contributed by atoms with Crippen LogP contribution < -0.4 is 14.8 Å². The maximum absolute atomic E-state index is 12.0. The van der Waals surface area contributed by atoms with Crippen molar-refractivity contribution >= 4 is 17.3 Å². The van der Waals surface area contributed by atoms with Crippen molar-refractivity contribution in [1.82, 2.24) is 0 Å². The van der Waals surface area contributed by atoms with Gasteiger partial charge in [-0.2, -0.15) is 0 Å². The third-order valence-corrected chi connectivity index (χ3v) is 2.40. The van der Waals surface area contributed by atoms with Gasteiger partial charge in [-0.15, -0.1) is 0 Å². The number of halogens is 2. The molecule has 16 heavy (non-hydrogen) atoms. The lowest BCUT2D eigenvalue weighted by atomic mass is 10.2. The van der Waals surface area contributed by atoms with Gasteiger partial charge in [-0.3, -0.25) is 4.39 Å². The Morgan fingerprint density at radius 3 is 2.50 bits per heavy atom. The number of methoxy groups -OCH3 is 2. The Morgan fingerprint density at radius 1 is 1.25 bits per heavy atom. The largest absolute Gasteiger partial charge is 0.495 e. The van der Waals surface area contributed by atoms with Gasteiger partial charge >= 0.3 is 0 Å². The fraction of sp³-hybridized carbons (Fsp3) is 0.455. The van der Waals surface area contributed by atoms with E-state index in [2.05, 4.69) is 5.32 Å². The van der Waals surface area contributed by atoms with Crippen molar-refractivity contribution in [3.63, 3.8) is 0 Å². The van der Waals surface area contributed by atoms with Gasteiger partial charge < -0.3 is 14.8 Å². The van der Waals surface area contributed by atoms with E-state index in [1.165, 1.54) is 7.11 Å². The van der Waals surface area contributed by atoms with Gasteiger partial charge in [0, 0.05) is 12.6 Å². The SMILES string of the molecule is COc1cc(OC)c(NCCCF)cc1Cl. The molecule has 0 bridgehead atoms. The molecular formula is C11H15ClFNO2. The van der Waals surface area contributed by atoms with Crippen LogP contribution in [-0.2, 0) is 0 Å². The van der Waals surface area contributed by atoms with Crippen LogP contribution in [0.2, 0.25) is 5.02 Å². The van der Waals surface area contributed by atoms with Gasteiger partial charge in [-0.05, 0) is 12.5 Å². The van der Waals surface area contributed by atoms with E-state index in [0.29, 0.717) is 29.5 Å². The molecule has 0 unspecified atom stereocenters. The Kier molecular flexibility index (Phi) is 5.19. The van der Waals surface area contributed by atoms with E-state index in [-0.39, 0.29) is 6.67 Å². The molecule has 0 aliphatic rings. The minimum absolute atomic E-state index is 0.348. The van der Waals surface area contributed by atoms with Crippen LogP contribution in [0.1, 0.15) is 6.42 Å². The van der Waals surface area contributed by atoms with E-state index in [9.17, 15) is 4.39 Å². The lowest BCUT2D eigenvalue weighted by Gasteiger charge is -2.13. The van der Waals surface area contributed by atoms with Crippen LogP contribution in [0.3, 0.4) is 0 Å². The van der Waals surface area contributed by atoms with Crippen molar-refractivity contribution in [3.05, 3.63) is 17.2 Å². The summed E-state index contributed by atoms with van der Waals surface area (Å²) >= 11 is 5.98. The van der Waals surface area contributed by atoms with Gasteiger partial charge in [-0.25, -0.2) is 0 Å². The zero-order chi connectivity index (χ0) is 12.0. The van der Waals surface area contributed by atoms with Crippen molar-refractivity contribution in [2.45, 2.75) is 6.42 Å². The van der Waals surface area contributed by atoms with Gasteiger partial charge in [0.15, 0.2) is 0 Å². The lowest BCUT2D eigenvalue weighted by molar-refractivity contribution is 0.395. The van der Waals surface area contributed by atoms with Gasteiger partial charge in [-0.1, -0.05) is 11.6 Å². The molecule has 0 spiro atoms. The molecule has 0 heterocycles. The molecular weight excluding hydrogens is 233 g/mol. The number of hydrogen-bond donors (Lipinski definition) is 1. The molecule has 0 saturated carbocycles. The number of ether oxygens (including phenoxy) is 2. The molecule has 1 rings (SSSR count). The Hall–Kier alpha value is -1.16. The molecule has 0 aromatic heterocycles. The number of rotatable bonds is 6. The van der Waals surface area contributed by atoms with Crippen LogP contribution in [0.15, 0.2) is 12.1 Å². The van der Waals surface area contributed by atoms with Gasteiger partial charge in [0.2, 0.25) is 0 Å². The summed E-state index contributed by atoms with van der Waals surface area (Å²) in [6.45, 7) is 0.189. The first-order valence-corrected chi connectivity index (χ1v) is 5.32. The quantitative estimate of drug-likeness (QED) is 0.784. The first-order chi connectivity index (χ1) is 7.72.